The molecule has 1 amide bonds. The summed E-state index contributed by atoms with van der Waals surface area (Å²) in [6.07, 6.45) is 13.3. The van der Waals surface area contributed by atoms with Crippen LogP contribution in [-0.2, 0) is 11.8 Å². The molecule has 3 rings (SSSR count). The van der Waals surface area contributed by atoms with Gasteiger partial charge in [-0.05, 0) is 13.8 Å². The van der Waals surface area contributed by atoms with E-state index in [-0.39, 0.29) is 5.91 Å². The second-order valence-electron chi connectivity index (χ2n) is 6.52. The molecule has 1 N–H and O–H groups in total. The van der Waals surface area contributed by atoms with E-state index in [1.807, 2.05) is 57.5 Å². The Hall–Kier alpha value is -3.81. The Labute approximate surface area is 175 Å². The smallest absolute Gasteiger partial charge is 0.222 e. The molecule has 0 aliphatic carbocycles. The van der Waals surface area contributed by atoms with E-state index in [1.54, 1.807) is 10.7 Å². The van der Waals surface area contributed by atoms with Crippen molar-refractivity contribution in [2.24, 2.45) is 7.05 Å². The molecular weight excluding hydrogens is 380 g/mol. The monoisotopic (exact) mass is 404 g/mol. The molecule has 154 valence electrons. The number of hydrogen-bond donors (Lipinski definition) is 1. The van der Waals surface area contributed by atoms with Crippen molar-refractivity contribution in [3.05, 3.63) is 54.7 Å². The molecular formula is C22H24N6O2. The number of aryl methyl sites for hydroxylation is 1. The van der Waals surface area contributed by atoms with Crippen LogP contribution in [0.1, 0.15) is 26.5 Å². The van der Waals surface area contributed by atoms with Crippen molar-refractivity contribution in [2.45, 2.75) is 20.8 Å². The number of nitrogens with one attached hydrogen (secondary N) is 1. The van der Waals surface area contributed by atoms with Gasteiger partial charge in [0.05, 0.1) is 12.6 Å². The summed E-state index contributed by atoms with van der Waals surface area (Å²) in [7, 11) is 3.38. The summed E-state index contributed by atoms with van der Waals surface area (Å²) in [4.78, 5) is 25.1. The Morgan fingerprint density at radius 1 is 1.23 bits per heavy atom. The summed E-state index contributed by atoms with van der Waals surface area (Å²) in [5.41, 5.74) is 4.28. The lowest BCUT2D eigenvalue weighted by Gasteiger charge is -2.11. The van der Waals surface area contributed by atoms with Crippen LogP contribution in [0.5, 0.6) is 5.75 Å². The first-order valence-corrected chi connectivity index (χ1v) is 9.45. The molecule has 8 heteroatoms. The van der Waals surface area contributed by atoms with Gasteiger partial charge in [0.2, 0.25) is 5.91 Å². The van der Waals surface area contributed by atoms with Crippen LogP contribution in [0.2, 0.25) is 0 Å². The Kier molecular flexibility index (Phi) is 6.36. The summed E-state index contributed by atoms with van der Waals surface area (Å²) < 4.78 is 7.10. The van der Waals surface area contributed by atoms with E-state index in [1.165, 1.54) is 20.4 Å². The van der Waals surface area contributed by atoms with E-state index in [9.17, 15) is 4.79 Å². The summed E-state index contributed by atoms with van der Waals surface area (Å²) in [5, 5.41) is 7.35. The quantitative estimate of drug-likeness (QED) is 0.626. The van der Waals surface area contributed by atoms with Crippen molar-refractivity contribution in [2.75, 3.05) is 12.4 Å². The van der Waals surface area contributed by atoms with Crippen LogP contribution in [0, 0.1) is 0 Å². The molecule has 0 fully saturated rings. The van der Waals surface area contributed by atoms with E-state index >= 15 is 0 Å². The number of fused-ring (bicyclic) bond motifs is 1. The molecule has 0 saturated carbocycles. The normalized spacial score (nSPS) is 12.2. The van der Waals surface area contributed by atoms with Gasteiger partial charge in [-0.15, -0.1) is 0 Å². The minimum atomic E-state index is -0.245. The molecule has 0 aliphatic rings. The fourth-order valence-corrected chi connectivity index (χ4v) is 3.04. The molecule has 3 heterocycles. The number of pyridine rings is 1. The molecule has 0 radical (unpaired) electrons. The third-order valence-corrected chi connectivity index (χ3v) is 4.26. The van der Waals surface area contributed by atoms with Crippen molar-refractivity contribution in [1.29, 1.82) is 0 Å². The summed E-state index contributed by atoms with van der Waals surface area (Å²) in [6, 6.07) is 1.73. The number of rotatable bonds is 6. The number of anilines is 1. The summed E-state index contributed by atoms with van der Waals surface area (Å²) in [5.74, 6) is 0.499. The molecule has 0 aromatic carbocycles. The number of nitrogens with zero attached hydrogens (tertiary/aromatic N) is 5. The standard InChI is InChI=1S/C22H24N6O2/c1-6-8-10-15(9-7-2)19-16(12-28(4)27-19)20-21-17(23-13-24-20)11-18(30-5)22(26-21)25-14(3)29/h6-13H,1-5H3,(H,25,26,29)/b8-6-,9-7-,15-10+. The van der Waals surface area contributed by atoms with E-state index in [2.05, 4.69) is 25.4 Å². The van der Waals surface area contributed by atoms with Gasteiger partial charge in [-0.1, -0.05) is 30.4 Å². The van der Waals surface area contributed by atoms with Crippen LogP contribution in [0.3, 0.4) is 0 Å². The predicted octanol–water partition coefficient (Wildman–Crippen LogP) is 3.93. The van der Waals surface area contributed by atoms with Crippen LogP contribution in [-0.4, -0.2) is 37.7 Å². The van der Waals surface area contributed by atoms with Crippen molar-refractivity contribution < 1.29 is 9.53 Å². The number of ether oxygens (including phenoxy) is 1. The Morgan fingerprint density at radius 3 is 2.70 bits per heavy atom. The van der Waals surface area contributed by atoms with E-state index in [4.69, 9.17) is 4.74 Å². The zero-order valence-corrected chi connectivity index (χ0v) is 17.7. The number of aromatic nitrogens is 5. The fraction of sp³-hybridized carbons (Fsp3) is 0.227. The summed E-state index contributed by atoms with van der Waals surface area (Å²) in [6.45, 7) is 5.34. The van der Waals surface area contributed by atoms with E-state index in [0.29, 0.717) is 28.3 Å². The molecule has 8 nitrogen and oxygen atoms in total. The van der Waals surface area contributed by atoms with Crippen LogP contribution in [0.25, 0.3) is 27.9 Å². The highest BCUT2D eigenvalue weighted by molar-refractivity contribution is 5.97. The molecule has 0 unspecified atom stereocenters. The molecule has 0 spiro atoms. The molecule has 3 aromatic heterocycles. The van der Waals surface area contributed by atoms with Gasteiger partial charge in [0, 0.05) is 37.4 Å². The second kappa shape index (κ2) is 9.13. The average molecular weight is 404 g/mol. The molecule has 3 aromatic rings. The highest BCUT2D eigenvalue weighted by Crippen LogP contribution is 2.34. The van der Waals surface area contributed by atoms with Gasteiger partial charge in [0.25, 0.3) is 0 Å². The lowest BCUT2D eigenvalue weighted by molar-refractivity contribution is -0.114. The zero-order chi connectivity index (χ0) is 21.7. The van der Waals surface area contributed by atoms with Gasteiger partial charge in [-0.3, -0.25) is 9.48 Å². The maximum Gasteiger partial charge on any atom is 0.222 e. The topological polar surface area (TPSA) is 94.8 Å². The number of carbonyl (C=O) groups is 1. The van der Waals surface area contributed by atoms with Crippen LogP contribution >= 0.6 is 0 Å². The largest absolute Gasteiger partial charge is 0.493 e. The molecule has 0 bridgehead atoms. The number of allylic oxidation sites excluding steroid dienone is 6. The van der Waals surface area contributed by atoms with E-state index in [0.717, 1.165) is 16.8 Å². The lowest BCUT2D eigenvalue weighted by atomic mass is 10.0. The number of amides is 1. The third kappa shape index (κ3) is 4.27. The first kappa shape index (κ1) is 20.9. The van der Waals surface area contributed by atoms with Crippen LogP contribution in [0.4, 0.5) is 5.82 Å². The molecule has 0 aliphatic heterocycles. The number of carbonyl (C=O) groups excluding carboxylic acids is 1. The summed E-state index contributed by atoms with van der Waals surface area (Å²) >= 11 is 0. The SMILES string of the molecule is C\C=C/C=C(\C=C/C)c1nn(C)cc1-c1ncnc2cc(OC)c(NC(C)=O)nc12. The minimum Gasteiger partial charge on any atom is -0.493 e. The van der Waals surface area contributed by atoms with Crippen molar-refractivity contribution in [3.8, 4) is 17.0 Å². The van der Waals surface area contributed by atoms with Gasteiger partial charge in [0.15, 0.2) is 11.6 Å². The highest BCUT2D eigenvalue weighted by atomic mass is 16.5. The van der Waals surface area contributed by atoms with Crippen LogP contribution < -0.4 is 10.1 Å². The average Bonchev–Trinajstić information content (AvgIpc) is 3.11. The fourth-order valence-electron chi connectivity index (χ4n) is 3.04. The Morgan fingerprint density at radius 2 is 2.03 bits per heavy atom. The highest BCUT2D eigenvalue weighted by Gasteiger charge is 2.19. The van der Waals surface area contributed by atoms with Crippen molar-refractivity contribution in [3.63, 3.8) is 0 Å². The molecule has 30 heavy (non-hydrogen) atoms. The maximum atomic E-state index is 11.6. The first-order valence-electron chi connectivity index (χ1n) is 9.45. The van der Waals surface area contributed by atoms with E-state index < -0.39 is 0 Å². The minimum absolute atomic E-state index is 0.245. The van der Waals surface area contributed by atoms with Crippen LogP contribution in [0.15, 0.2) is 49.0 Å². The van der Waals surface area contributed by atoms with Gasteiger partial charge in [-0.2, -0.15) is 5.10 Å². The number of methoxy groups -OCH3 is 1. The first-order chi connectivity index (χ1) is 14.5. The second-order valence-corrected chi connectivity index (χ2v) is 6.52. The van der Waals surface area contributed by atoms with Crippen molar-refractivity contribution in [1.82, 2.24) is 24.7 Å². The van der Waals surface area contributed by atoms with Gasteiger partial charge >= 0.3 is 0 Å². The van der Waals surface area contributed by atoms with Gasteiger partial charge < -0.3 is 10.1 Å². The lowest BCUT2D eigenvalue weighted by Crippen LogP contribution is -2.09. The zero-order valence-electron chi connectivity index (χ0n) is 17.7. The number of hydrogen-bond acceptors (Lipinski definition) is 6. The Balaban J connectivity index is 2.29. The van der Waals surface area contributed by atoms with Gasteiger partial charge in [-0.25, -0.2) is 15.0 Å². The maximum absolute atomic E-state index is 11.6. The predicted molar refractivity (Wildman–Crippen MR) is 118 cm³/mol. The third-order valence-electron chi connectivity index (χ3n) is 4.26. The Bertz CT molecular complexity index is 1170. The molecule has 0 atom stereocenters. The van der Waals surface area contributed by atoms with Crippen molar-refractivity contribution >= 4 is 28.3 Å². The van der Waals surface area contributed by atoms with Gasteiger partial charge in [0.1, 0.15) is 23.2 Å². The molecule has 0 saturated heterocycles.